The maximum Gasteiger partial charge on any atom is 0.123 e. The Balaban J connectivity index is 1.77. The van der Waals surface area contributed by atoms with E-state index in [4.69, 9.17) is 4.74 Å². The molecule has 0 amide bonds. The van der Waals surface area contributed by atoms with Crippen LogP contribution in [-0.2, 0) is 6.54 Å². The van der Waals surface area contributed by atoms with E-state index in [1.165, 1.54) is 10.6 Å². The molecule has 1 aliphatic rings. The highest BCUT2D eigenvalue weighted by molar-refractivity contribution is 7.09. The van der Waals surface area contributed by atoms with Gasteiger partial charge in [0.15, 0.2) is 0 Å². The van der Waals surface area contributed by atoms with Crippen LogP contribution in [0.2, 0.25) is 0 Å². The van der Waals surface area contributed by atoms with Gasteiger partial charge in [-0.25, -0.2) is 4.98 Å². The predicted molar refractivity (Wildman–Crippen MR) is 85.8 cm³/mol. The van der Waals surface area contributed by atoms with Crippen molar-refractivity contribution in [1.29, 1.82) is 0 Å². The minimum atomic E-state index is 0.370. The summed E-state index contributed by atoms with van der Waals surface area (Å²) in [6, 6.07) is 8.70. The van der Waals surface area contributed by atoms with Gasteiger partial charge in [-0.2, -0.15) is 0 Å². The first-order chi connectivity index (χ1) is 10.3. The Morgan fingerprint density at radius 3 is 2.95 bits per heavy atom. The highest BCUT2D eigenvalue weighted by Crippen LogP contribution is 2.31. The monoisotopic (exact) mass is 303 g/mol. The zero-order chi connectivity index (χ0) is 14.7. The molecule has 0 spiro atoms. The number of aromatic nitrogens is 1. The van der Waals surface area contributed by atoms with Gasteiger partial charge >= 0.3 is 0 Å². The molecule has 1 aromatic heterocycles. The van der Waals surface area contributed by atoms with E-state index in [2.05, 4.69) is 34.0 Å². The molecule has 0 bridgehead atoms. The smallest absolute Gasteiger partial charge is 0.123 e. The van der Waals surface area contributed by atoms with Crippen molar-refractivity contribution in [3.63, 3.8) is 0 Å². The van der Waals surface area contributed by atoms with E-state index in [1.54, 1.807) is 18.4 Å². The minimum Gasteiger partial charge on any atom is -0.496 e. The molecule has 0 N–H and O–H groups in total. The molecule has 5 heteroatoms. The number of methoxy groups -OCH3 is 1. The second-order valence-electron chi connectivity index (χ2n) is 5.40. The van der Waals surface area contributed by atoms with Crippen molar-refractivity contribution in [1.82, 2.24) is 14.8 Å². The van der Waals surface area contributed by atoms with Gasteiger partial charge in [0, 0.05) is 36.8 Å². The molecule has 1 fully saturated rings. The van der Waals surface area contributed by atoms with Crippen molar-refractivity contribution in [2.75, 3.05) is 33.8 Å². The zero-order valence-corrected chi connectivity index (χ0v) is 13.3. The molecule has 1 atom stereocenters. The van der Waals surface area contributed by atoms with Crippen molar-refractivity contribution >= 4 is 11.3 Å². The standard InChI is InChI=1S/C16H21N3OS/c1-18-8-9-19(12-16-17-7-10-21-16)11-14(18)13-5-3-4-6-15(13)20-2/h3-7,10,14H,8-9,11-12H2,1-2H3/t14-/m1/s1. The highest BCUT2D eigenvalue weighted by atomic mass is 32.1. The molecule has 112 valence electrons. The van der Waals surface area contributed by atoms with E-state index >= 15 is 0 Å². The average molecular weight is 303 g/mol. The molecule has 2 heterocycles. The lowest BCUT2D eigenvalue weighted by Gasteiger charge is -2.39. The third-order valence-corrected chi connectivity index (χ3v) is 4.84. The highest BCUT2D eigenvalue weighted by Gasteiger charge is 2.27. The Hall–Kier alpha value is -1.43. The summed E-state index contributed by atoms with van der Waals surface area (Å²) >= 11 is 1.73. The number of likely N-dealkylation sites (N-methyl/N-ethyl adjacent to an activating group) is 1. The van der Waals surface area contributed by atoms with E-state index in [0.717, 1.165) is 31.9 Å². The van der Waals surface area contributed by atoms with Crippen molar-refractivity contribution < 1.29 is 4.74 Å². The van der Waals surface area contributed by atoms with E-state index in [9.17, 15) is 0 Å². The fourth-order valence-corrected chi connectivity index (χ4v) is 3.53. The van der Waals surface area contributed by atoms with Crippen LogP contribution in [0.5, 0.6) is 5.75 Å². The molecule has 1 aliphatic heterocycles. The lowest BCUT2D eigenvalue weighted by molar-refractivity contribution is 0.0889. The SMILES string of the molecule is COc1ccccc1[C@H]1CN(Cc2nccs2)CCN1C. The summed E-state index contributed by atoms with van der Waals surface area (Å²) in [5.74, 6) is 0.977. The number of thiazole rings is 1. The summed E-state index contributed by atoms with van der Waals surface area (Å²) in [6.45, 7) is 4.10. The Morgan fingerprint density at radius 1 is 1.33 bits per heavy atom. The maximum absolute atomic E-state index is 5.53. The molecule has 2 aromatic rings. The second kappa shape index (κ2) is 6.56. The molecule has 0 saturated carbocycles. The molecule has 0 aliphatic carbocycles. The van der Waals surface area contributed by atoms with Crippen LogP contribution < -0.4 is 4.74 Å². The minimum absolute atomic E-state index is 0.370. The first-order valence-electron chi connectivity index (χ1n) is 7.22. The van der Waals surface area contributed by atoms with E-state index in [-0.39, 0.29) is 0 Å². The normalized spacial score (nSPS) is 20.6. The number of piperazine rings is 1. The van der Waals surface area contributed by atoms with Gasteiger partial charge in [0.05, 0.1) is 19.7 Å². The van der Waals surface area contributed by atoms with E-state index in [0.29, 0.717) is 6.04 Å². The number of nitrogens with zero attached hydrogens (tertiary/aromatic N) is 3. The predicted octanol–water partition coefficient (Wildman–Crippen LogP) is 2.64. The van der Waals surface area contributed by atoms with Crippen molar-refractivity contribution in [3.05, 3.63) is 46.4 Å². The molecule has 3 rings (SSSR count). The zero-order valence-electron chi connectivity index (χ0n) is 12.5. The first-order valence-corrected chi connectivity index (χ1v) is 8.10. The van der Waals surface area contributed by atoms with Gasteiger partial charge in [-0.3, -0.25) is 9.80 Å². The van der Waals surface area contributed by atoms with Crippen molar-refractivity contribution in [3.8, 4) is 5.75 Å². The summed E-state index contributed by atoms with van der Waals surface area (Å²) in [5.41, 5.74) is 1.27. The molecular formula is C16H21N3OS. The Kier molecular flexibility index (Phi) is 4.53. The molecule has 1 aromatic carbocycles. The molecule has 1 saturated heterocycles. The number of hydrogen-bond donors (Lipinski definition) is 0. The molecule has 4 nitrogen and oxygen atoms in total. The summed E-state index contributed by atoms with van der Waals surface area (Å²) in [5, 5.41) is 3.24. The lowest BCUT2D eigenvalue weighted by atomic mass is 10.0. The topological polar surface area (TPSA) is 28.6 Å². The van der Waals surface area contributed by atoms with Gasteiger partial charge < -0.3 is 4.74 Å². The maximum atomic E-state index is 5.53. The number of benzene rings is 1. The Morgan fingerprint density at radius 2 is 2.19 bits per heavy atom. The third-order valence-electron chi connectivity index (χ3n) is 4.07. The van der Waals surface area contributed by atoms with E-state index in [1.807, 2.05) is 23.7 Å². The largest absolute Gasteiger partial charge is 0.496 e. The first kappa shape index (κ1) is 14.5. The number of ether oxygens (including phenoxy) is 1. The van der Waals surface area contributed by atoms with Crippen LogP contribution in [0.4, 0.5) is 0 Å². The van der Waals surface area contributed by atoms with Crippen LogP contribution in [-0.4, -0.2) is 48.6 Å². The number of hydrogen-bond acceptors (Lipinski definition) is 5. The quantitative estimate of drug-likeness (QED) is 0.868. The number of para-hydroxylation sites is 1. The fourth-order valence-electron chi connectivity index (χ4n) is 2.87. The van der Waals surface area contributed by atoms with Gasteiger partial charge in [-0.1, -0.05) is 18.2 Å². The molecular weight excluding hydrogens is 282 g/mol. The summed E-state index contributed by atoms with van der Waals surface area (Å²) in [4.78, 5) is 9.29. The van der Waals surface area contributed by atoms with Crippen LogP contribution >= 0.6 is 11.3 Å². The molecule has 21 heavy (non-hydrogen) atoms. The third kappa shape index (κ3) is 3.26. The van der Waals surface area contributed by atoms with Crippen LogP contribution in [0.1, 0.15) is 16.6 Å². The van der Waals surface area contributed by atoms with Gasteiger partial charge in [0.2, 0.25) is 0 Å². The van der Waals surface area contributed by atoms with Gasteiger partial charge in [0.25, 0.3) is 0 Å². The fraction of sp³-hybridized carbons (Fsp3) is 0.438. The van der Waals surface area contributed by atoms with Gasteiger partial charge in [-0.05, 0) is 13.1 Å². The Bertz CT molecular complexity index is 573. The van der Waals surface area contributed by atoms with Gasteiger partial charge in [0.1, 0.15) is 10.8 Å². The second-order valence-corrected chi connectivity index (χ2v) is 6.38. The Labute approximate surface area is 130 Å². The van der Waals surface area contributed by atoms with Crippen LogP contribution in [0.25, 0.3) is 0 Å². The molecule has 0 radical (unpaired) electrons. The van der Waals surface area contributed by atoms with Crippen LogP contribution in [0, 0.1) is 0 Å². The van der Waals surface area contributed by atoms with Crippen LogP contribution in [0.15, 0.2) is 35.8 Å². The van der Waals surface area contributed by atoms with Crippen LogP contribution in [0.3, 0.4) is 0 Å². The molecule has 0 unspecified atom stereocenters. The van der Waals surface area contributed by atoms with E-state index < -0.39 is 0 Å². The van der Waals surface area contributed by atoms with Crippen molar-refractivity contribution in [2.24, 2.45) is 0 Å². The van der Waals surface area contributed by atoms with Gasteiger partial charge in [-0.15, -0.1) is 11.3 Å². The number of rotatable bonds is 4. The average Bonchev–Trinajstić information content (AvgIpc) is 3.02. The lowest BCUT2D eigenvalue weighted by Crippen LogP contribution is -2.46. The summed E-state index contributed by atoms with van der Waals surface area (Å²) in [7, 11) is 3.94. The summed E-state index contributed by atoms with van der Waals surface area (Å²) in [6.07, 6.45) is 1.88. The van der Waals surface area contributed by atoms with Crippen molar-refractivity contribution in [2.45, 2.75) is 12.6 Å². The summed E-state index contributed by atoms with van der Waals surface area (Å²) < 4.78 is 5.53.